The molecule has 8 heteroatoms. The number of benzene rings is 1. The molecule has 1 heterocycles. The van der Waals surface area contributed by atoms with E-state index in [1.54, 1.807) is 12.1 Å². The van der Waals surface area contributed by atoms with Gasteiger partial charge in [-0.1, -0.05) is 17.7 Å². The monoisotopic (exact) mass is 425 g/mol. The molecule has 0 bridgehead atoms. The van der Waals surface area contributed by atoms with E-state index in [0.29, 0.717) is 49.7 Å². The van der Waals surface area contributed by atoms with Crippen molar-refractivity contribution >= 4 is 23.4 Å². The van der Waals surface area contributed by atoms with Crippen LogP contribution in [0.3, 0.4) is 0 Å². The van der Waals surface area contributed by atoms with Crippen molar-refractivity contribution in [3.63, 3.8) is 0 Å². The molecule has 1 aromatic carbocycles. The van der Waals surface area contributed by atoms with Crippen molar-refractivity contribution in [2.24, 2.45) is 5.92 Å². The van der Waals surface area contributed by atoms with Crippen molar-refractivity contribution < 1.29 is 18.7 Å². The summed E-state index contributed by atoms with van der Waals surface area (Å²) < 4.78 is 20.2. The minimum absolute atomic E-state index is 0.0302. The molecule has 1 saturated carbocycles. The Labute approximate surface area is 176 Å². The molecule has 2 unspecified atom stereocenters. The Hall–Kier alpha value is -1.70. The molecule has 0 aromatic heterocycles. The third kappa shape index (κ3) is 6.39. The van der Waals surface area contributed by atoms with Crippen LogP contribution in [0.25, 0.3) is 0 Å². The fraction of sp³-hybridized carbons (Fsp3) is 0.619. The van der Waals surface area contributed by atoms with E-state index in [2.05, 4.69) is 15.5 Å². The van der Waals surface area contributed by atoms with E-state index in [1.807, 2.05) is 6.92 Å². The van der Waals surface area contributed by atoms with Gasteiger partial charge in [0, 0.05) is 49.1 Å². The Morgan fingerprint density at radius 1 is 1.34 bits per heavy atom. The van der Waals surface area contributed by atoms with Gasteiger partial charge in [0.05, 0.1) is 18.8 Å². The quantitative estimate of drug-likeness (QED) is 0.597. The van der Waals surface area contributed by atoms with Gasteiger partial charge in [0.15, 0.2) is 0 Å². The normalized spacial score (nSPS) is 20.9. The zero-order chi connectivity index (χ0) is 20.8. The first-order valence-corrected chi connectivity index (χ1v) is 10.7. The van der Waals surface area contributed by atoms with E-state index in [4.69, 9.17) is 16.3 Å². The van der Waals surface area contributed by atoms with Crippen LogP contribution in [0.1, 0.15) is 44.2 Å². The standard InChI is InChI=1S/C21H29ClFN3O3/c1-14-13-26(10-11-29-14)18(20-16(22)4-2-5-17(20)23)12-25-19(27)6-3-9-24-21(28)15-7-8-15/h2,4-5,14-15,18H,3,6-13H2,1H3,(H,24,28)(H,25,27). The van der Waals surface area contributed by atoms with E-state index < -0.39 is 0 Å². The molecule has 3 rings (SSSR count). The molecule has 2 atom stereocenters. The van der Waals surface area contributed by atoms with E-state index in [9.17, 15) is 14.0 Å². The highest BCUT2D eigenvalue weighted by Crippen LogP contribution is 2.31. The third-order valence-electron chi connectivity index (χ3n) is 5.37. The Balaban J connectivity index is 1.55. The number of rotatable bonds is 9. The maximum Gasteiger partial charge on any atom is 0.223 e. The number of nitrogens with zero attached hydrogens (tertiary/aromatic N) is 1. The molecule has 2 amide bonds. The summed E-state index contributed by atoms with van der Waals surface area (Å²) in [7, 11) is 0. The average molecular weight is 426 g/mol. The van der Waals surface area contributed by atoms with Crippen LogP contribution >= 0.6 is 11.6 Å². The maximum absolute atomic E-state index is 14.6. The summed E-state index contributed by atoms with van der Waals surface area (Å²) in [6.45, 7) is 4.56. The SMILES string of the molecule is CC1CN(C(CNC(=O)CCCNC(=O)C2CC2)c2c(F)cccc2Cl)CCO1. The van der Waals surface area contributed by atoms with Crippen molar-refractivity contribution in [3.05, 3.63) is 34.6 Å². The highest BCUT2D eigenvalue weighted by atomic mass is 35.5. The summed E-state index contributed by atoms with van der Waals surface area (Å²) in [4.78, 5) is 26.0. The first-order valence-electron chi connectivity index (χ1n) is 10.3. The number of nitrogens with one attached hydrogen (secondary N) is 2. The number of hydrogen-bond acceptors (Lipinski definition) is 4. The van der Waals surface area contributed by atoms with Gasteiger partial charge in [0.25, 0.3) is 0 Å². The van der Waals surface area contributed by atoms with Crippen LogP contribution < -0.4 is 10.6 Å². The number of carbonyl (C=O) groups excluding carboxylic acids is 2. The van der Waals surface area contributed by atoms with Gasteiger partial charge in [-0.05, 0) is 38.3 Å². The summed E-state index contributed by atoms with van der Waals surface area (Å²) in [5.74, 6) is -0.241. The Kier molecular flexibility index (Phi) is 7.86. The number of morpholine rings is 1. The van der Waals surface area contributed by atoms with Crippen molar-refractivity contribution in [1.82, 2.24) is 15.5 Å². The van der Waals surface area contributed by atoms with Crippen LogP contribution in [0.5, 0.6) is 0 Å². The van der Waals surface area contributed by atoms with Crippen LogP contribution in [0.2, 0.25) is 5.02 Å². The maximum atomic E-state index is 14.6. The second-order valence-electron chi connectivity index (χ2n) is 7.80. The number of ether oxygens (including phenoxy) is 1. The smallest absolute Gasteiger partial charge is 0.223 e. The van der Waals surface area contributed by atoms with E-state index in [1.165, 1.54) is 6.07 Å². The van der Waals surface area contributed by atoms with E-state index in [0.717, 1.165) is 12.8 Å². The zero-order valence-corrected chi connectivity index (χ0v) is 17.5. The Morgan fingerprint density at radius 3 is 2.83 bits per heavy atom. The van der Waals surface area contributed by atoms with E-state index >= 15 is 0 Å². The van der Waals surface area contributed by atoms with Gasteiger partial charge in [-0.15, -0.1) is 0 Å². The molecule has 2 N–H and O–H groups in total. The van der Waals surface area contributed by atoms with Crippen LogP contribution in [-0.4, -0.2) is 55.6 Å². The van der Waals surface area contributed by atoms with Gasteiger partial charge >= 0.3 is 0 Å². The first-order chi connectivity index (χ1) is 14.0. The van der Waals surface area contributed by atoms with Crippen molar-refractivity contribution in [1.29, 1.82) is 0 Å². The molecule has 160 valence electrons. The number of carbonyl (C=O) groups is 2. The molecular formula is C21H29ClFN3O3. The summed E-state index contributed by atoms with van der Waals surface area (Å²) in [6, 6.07) is 4.27. The molecule has 1 aliphatic heterocycles. The van der Waals surface area contributed by atoms with Gasteiger partial charge < -0.3 is 15.4 Å². The third-order valence-corrected chi connectivity index (χ3v) is 5.70. The summed E-state index contributed by atoms with van der Waals surface area (Å²) in [5, 5.41) is 6.12. The highest BCUT2D eigenvalue weighted by molar-refractivity contribution is 6.31. The number of hydrogen-bond donors (Lipinski definition) is 2. The summed E-state index contributed by atoms with van der Waals surface area (Å²) in [6.07, 6.45) is 2.84. The fourth-order valence-corrected chi connectivity index (χ4v) is 3.91. The van der Waals surface area contributed by atoms with Gasteiger partial charge in [0.2, 0.25) is 11.8 Å². The molecule has 1 aromatic rings. The van der Waals surface area contributed by atoms with Crippen molar-refractivity contribution in [3.8, 4) is 0 Å². The van der Waals surface area contributed by atoms with Crippen molar-refractivity contribution in [2.75, 3.05) is 32.8 Å². The molecular weight excluding hydrogens is 397 g/mol. The van der Waals surface area contributed by atoms with Gasteiger partial charge in [-0.3, -0.25) is 14.5 Å². The zero-order valence-electron chi connectivity index (χ0n) is 16.8. The minimum Gasteiger partial charge on any atom is -0.376 e. The van der Waals surface area contributed by atoms with Gasteiger partial charge in [0.1, 0.15) is 5.82 Å². The molecule has 29 heavy (non-hydrogen) atoms. The van der Waals surface area contributed by atoms with Crippen LogP contribution in [-0.2, 0) is 14.3 Å². The molecule has 0 spiro atoms. The molecule has 0 radical (unpaired) electrons. The van der Waals surface area contributed by atoms with Crippen molar-refractivity contribution in [2.45, 2.75) is 44.8 Å². The molecule has 6 nitrogen and oxygen atoms in total. The number of halogens is 2. The van der Waals surface area contributed by atoms with Gasteiger partial charge in [-0.25, -0.2) is 4.39 Å². The van der Waals surface area contributed by atoms with Crippen LogP contribution in [0.4, 0.5) is 4.39 Å². The fourth-order valence-electron chi connectivity index (χ4n) is 3.62. The topological polar surface area (TPSA) is 70.7 Å². The van der Waals surface area contributed by atoms with E-state index in [-0.39, 0.29) is 42.2 Å². The lowest BCUT2D eigenvalue weighted by molar-refractivity contribution is -0.123. The molecule has 1 saturated heterocycles. The summed E-state index contributed by atoms with van der Waals surface area (Å²) >= 11 is 6.31. The first kappa shape index (κ1) is 22.0. The average Bonchev–Trinajstić information content (AvgIpc) is 3.52. The number of amides is 2. The molecule has 1 aliphatic carbocycles. The largest absolute Gasteiger partial charge is 0.376 e. The Morgan fingerprint density at radius 2 is 2.14 bits per heavy atom. The summed E-state index contributed by atoms with van der Waals surface area (Å²) in [5.41, 5.74) is 0.403. The lowest BCUT2D eigenvalue weighted by Gasteiger charge is -2.38. The van der Waals surface area contributed by atoms with Crippen LogP contribution in [0, 0.1) is 11.7 Å². The van der Waals surface area contributed by atoms with Gasteiger partial charge in [-0.2, -0.15) is 0 Å². The molecule has 2 aliphatic rings. The predicted octanol–water partition coefficient (Wildman–Crippen LogP) is 2.66. The highest BCUT2D eigenvalue weighted by Gasteiger charge is 2.30. The predicted molar refractivity (Wildman–Crippen MR) is 109 cm³/mol. The lowest BCUT2D eigenvalue weighted by atomic mass is 10.0. The second kappa shape index (κ2) is 10.4. The second-order valence-corrected chi connectivity index (χ2v) is 8.21. The lowest BCUT2D eigenvalue weighted by Crippen LogP contribution is -2.47. The van der Waals surface area contributed by atoms with Crippen LogP contribution in [0.15, 0.2) is 18.2 Å². The minimum atomic E-state index is -0.376. The molecule has 2 fully saturated rings. The Bertz CT molecular complexity index is 709.